The van der Waals surface area contributed by atoms with Gasteiger partial charge in [0, 0.05) is 25.0 Å². The highest BCUT2D eigenvalue weighted by Gasteiger charge is 2.49. The van der Waals surface area contributed by atoms with Crippen LogP contribution < -0.4 is 0 Å². The van der Waals surface area contributed by atoms with Crippen LogP contribution >= 0.6 is 23.2 Å². The average molecular weight is 614 g/mol. The number of likely N-dealkylation sites (tertiary alicyclic amines) is 1. The number of halogens is 5. The van der Waals surface area contributed by atoms with Gasteiger partial charge < -0.3 is 10.0 Å². The van der Waals surface area contributed by atoms with E-state index in [4.69, 9.17) is 23.2 Å². The lowest BCUT2D eigenvalue weighted by atomic mass is 9.74. The summed E-state index contributed by atoms with van der Waals surface area (Å²) in [7, 11) is 0. The lowest BCUT2D eigenvalue weighted by molar-refractivity contribution is -0.152. The number of rotatable bonds is 9. The van der Waals surface area contributed by atoms with Gasteiger partial charge in [0.05, 0.1) is 33.3 Å². The maximum absolute atomic E-state index is 14.6. The summed E-state index contributed by atoms with van der Waals surface area (Å²) < 4.78 is 44.6. The van der Waals surface area contributed by atoms with Crippen molar-refractivity contribution in [2.45, 2.75) is 76.6 Å². The van der Waals surface area contributed by atoms with Crippen molar-refractivity contribution in [3.63, 3.8) is 0 Å². The van der Waals surface area contributed by atoms with Gasteiger partial charge in [-0.25, -0.2) is 0 Å². The Balaban J connectivity index is 1.72. The SMILES string of the molecule is C=CCC1(CC=C)C[C@H](Cc2c(Cl)cncc2Cl)N(C(=O)c2cnn([C@H]3CC[C@](C)(C(=O)O)CC3)c2C(F)(F)F)C1. The minimum Gasteiger partial charge on any atom is -0.481 e. The molecule has 0 unspecified atom stereocenters. The van der Waals surface area contributed by atoms with Crippen LogP contribution in [0.3, 0.4) is 0 Å². The zero-order valence-corrected chi connectivity index (χ0v) is 24.3. The Morgan fingerprint density at radius 2 is 1.71 bits per heavy atom. The molecule has 1 aliphatic carbocycles. The minimum atomic E-state index is -4.86. The van der Waals surface area contributed by atoms with E-state index >= 15 is 0 Å². The Hall–Kier alpha value is -2.85. The van der Waals surface area contributed by atoms with Gasteiger partial charge in [-0.2, -0.15) is 18.3 Å². The molecule has 222 valence electrons. The second-order valence-corrected chi connectivity index (χ2v) is 12.3. The highest BCUT2D eigenvalue weighted by molar-refractivity contribution is 6.35. The number of hydrogen-bond donors (Lipinski definition) is 1. The van der Waals surface area contributed by atoms with E-state index in [0.29, 0.717) is 34.9 Å². The lowest BCUT2D eigenvalue weighted by Gasteiger charge is -2.34. The second-order valence-electron chi connectivity index (χ2n) is 11.5. The topological polar surface area (TPSA) is 88.3 Å². The number of aliphatic carboxylic acids is 1. The zero-order chi connectivity index (χ0) is 30.2. The molecule has 0 bridgehead atoms. The molecular formula is C29H33Cl2F3N4O3. The van der Waals surface area contributed by atoms with Crippen LogP contribution in [-0.2, 0) is 17.4 Å². The molecule has 41 heavy (non-hydrogen) atoms. The summed E-state index contributed by atoms with van der Waals surface area (Å²) >= 11 is 12.8. The van der Waals surface area contributed by atoms with Crippen LogP contribution in [0.15, 0.2) is 43.9 Å². The van der Waals surface area contributed by atoms with Gasteiger partial charge in [-0.1, -0.05) is 35.4 Å². The average Bonchev–Trinajstić information content (AvgIpc) is 3.49. The van der Waals surface area contributed by atoms with Crippen LogP contribution in [0.2, 0.25) is 10.0 Å². The van der Waals surface area contributed by atoms with Crippen molar-refractivity contribution >= 4 is 35.1 Å². The molecule has 0 aromatic carbocycles. The number of alkyl halides is 3. The fourth-order valence-corrected chi connectivity index (χ4v) is 6.90. The summed E-state index contributed by atoms with van der Waals surface area (Å²) in [5.41, 5.74) is -2.55. The molecule has 1 aliphatic heterocycles. The van der Waals surface area contributed by atoms with Gasteiger partial charge in [0.2, 0.25) is 0 Å². The Morgan fingerprint density at radius 1 is 1.12 bits per heavy atom. The van der Waals surface area contributed by atoms with Crippen molar-refractivity contribution in [3.05, 3.63) is 70.8 Å². The van der Waals surface area contributed by atoms with E-state index in [9.17, 15) is 27.9 Å². The van der Waals surface area contributed by atoms with Gasteiger partial charge in [-0.3, -0.25) is 19.3 Å². The van der Waals surface area contributed by atoms with Gasteiger partial charge in [0.25, 0.3) is 5.91 Å². The van der Waals surface area contributed by atoms with Crippen molar-refractivity contribution in [2.75, 3.05) is 6.54 Å². The number of pyridine rings is 1. The van der Waals surface area contributed by atoms with Gasteiger partial charge in [-0.15, -0.1) is 13.2 Å². The number of amides is 1. The molecule has 1 amide bonds. The van der Waals surface area contributed by atoms with E-state index in [1.807, 2.05) is 0 Å². The van der Waals surface area contributed by atoms with E-state index in [0.717, 1.165) is 10.9 Å². The van der Waals surface area contributed by atoms with Gasteiger partial charge >= 0.3 is 12.1 Å². The number of nitrogens with zero attached hydrogens (tertiary/aromatic N) is 4. The number of carboxylic acid groups (broad SMARTS) is 1. The Labute approximate surface area is 247 Å². The quantitative estimate of drug-likeness (QED) is 0.298. The Kier molecular flexibility index (Phi) is 8.95. The van der Waals surface area contributed by atoms with Gasteiger partial charge in [0.15, 0.2) is 5.69 Å². The fourth-order valence-electron chi connectivity index (χ4n) is 6.38. The maximum Gasteiger partial charge on any atom is 0.433 e. The number of carbonyl (C=O) groups excluding carboxylic acids is 1. The normalized spacial score (nSPS) is 24.3. The first-order chi connectivity index (χ1) is 19.2. The molecule has 2 aliphatic rings. The summed E-state index contributed by atoms with van der Waals surface area (Å²) in [5.74, 6) is -1.75. The monoisotopic (exact) mass is 612 g/mol. The maximum atomic E-state index is 14.6. The lowest BCUT2D eigenvalue weighted by Crippen LogP contribution is -2.39. The molecule has 1 atom stereocenters. The Bertz CT molecular complexity index is 1300. The highest BCUT2D eigenvalue weighted by Crippen LogP contribution is 2.46. The third-order valence-electron chi connectivity index (χ3n) is 8.64. The molecule has 2 fully saturated rings. The highest BCUT2D eigenvalue weighted by atomic mass is 35.5. The van der Waals surface area contributed by atoms with Gasteiger partial charge in [0.1, 0.15) is 0 Å². The molecule has 1 N–H and O–H groups in total. The first-order valence-corrected chi connectivity index (χ1v) is 14.2. The first kappa shape index (κ1) is 31.1. The van der Waals surface area contributed by atoms with Crippen LogP contribution in [0.4, 0.5) is 13.2 Å². The number of hydrogen-bond acceptors (Lipinski definition) is 4. The summed E-state index contributed by atoms with van der Waals surface area (Å²) in [6, 6.07) is -1.18. The molecule has 0 radical (unpaired) electrons. The summed E-state index contributed by atoms with van der Waals surface area (Å²) in [4.78, 5) is 31.1. The van der Waals surface area contributed by atoms with Gasteiger partial charge in [-0.05, 0) is 69.3 Å². The Morgan fingerprint density at radius 3 is 2.22 bits per heavy atom. The third-order valence-corrected chi connectivity index (χ3v) is 9.29. The number of allylic oxidation sites excluding steroid dienone is 2. The molecule has 12 heteroatoms. The predicted octanol–water partition coefficient (Wildman–Crippen LogP) is 7.41. The molecule has 2 aromatic rings. The van der Waals surface area contributed by atoms with Crippen molar-refractivity contribution in [1.29, 1.82) is 0 Å². The molecular weight excluding hydrogens is 580 g/mol. The number of carbonyl (C=O) groups is 2. The van der Waals surface area contributed by atoms with Crippen LogP contribution in [0, 0.1) is 10.8 Å². The molecule has 3 heterocycles. The zero-order valence-electron chi connectivity index (χ0n) is 22.8. The van der Waals surface area contributed by atoms with Crippen LogP contribution in [0.5, 0.6) is 0 Å². The number of carboxylic acids is 1. The standard InChI is InChI=1S/C29H33Cl2F3N4O3/c1-4-8-28(9-5-2)13-19(12-20-22(30)15-35-16-23(20)31)37(17-28)25(39)21-14-36-38(24(21)29(32,33)34)18-6-10-27(3,11-7-18)26(40)41/h4-5,14-16,18-19H,1-2,6-13,17H2,3H3,(H,40,41)/t18-,19-,27-/m0/s1. The van der Waals surface area contributed by atoms with Crippen molar-refractivity contribution in [2.24, 2.45) is 10.8 Å². The molecule has 2 aromatic heterocycles. The van der Waals surface area contributed by atoms with Crippen molar-refractivity contribution in [3.8, 4) is 0 Å². The van der Waals surface area contributed by atoms with Crippen LogP contribution in [0.1, 0.15) is 79.5 Å². The van der Waals surface area contributed by atoms with E-state index in [1.54, 1.807) is 19.1 Å². The van der Waals surface area contributed by atoms with E-state index in [-0.39, 0.29) is 38.6 Å². The summed E-state index contributed by atoms with van der Waals surface area (Å²) in [6.07, 6.45) is 5.10. The number of aromatic nitrogens is 3. The molecule has 0 spiro atoms. The van der Waals surface area contributed by atoms with Crippen molar-refractivity contribution in [1.82, 2.24) is 19.7 Å². The summed E-state index contributed by atoms with van der Waals surface area (Å²) in [5, 5.41) is 14.2. The summed E-state index contributed by atoms with van der Waals surface area (Å²) in [6.45, 7) is 9.50. The molecule has 7 nitrogen and oxygen atoms in total. The molecule has 1 saturated heterocycles. The third kappa shape index (κ3) is 6.18. The van der Waals surface area contributed by atoms with E-state index < -0.39 is 52.2 Å². The second kappa shape index (κ2) is 11.8. The minimum absolute atomic E-state index is 0.192. The largest absolute Gasteiger partial charge is 0.481 e. The van der Waals surface area contributed by atoms with Crippen molar-refractivity contribution < 1.29 is 27.9 Å². The predicted molar refractivity (Wildman–Crippen MR) is 150 cm³/mol. The fraction of sp³-hybridized carbons (Fsp3) is 0.517. The van der Waals surface area contributed by atoms with E-state index in [2.05, 4.69) is 23.2 Å². The first-order valence-electron chi connectivity index (χ1n) is 13.4. The molecule has 4 rings (SSSR count). The van der Waals surface area contributed by atoms with Crippen LogP contribution in [-0.4, -0.2) is 49.2 Å². The molecule has 1 saturated carbocycles. The van der Waals surface area contributed by atoms with E-state index in [1.165, 1.54) is 17.3 Å². The smallest absolute Gasteiger partial charge is 0.433 e. The van der Waals surface area contributed by atoms with Crippen LogP contribution in [0.25, 0.3) is 0 Å².